The molecule has 154 valence electrons. The van der Waals surface area contributed by atoms with Gasteiger partial charge in [-0.3, -0.25) is 4.68 Å². The second-order valence-electron chi connectivity index (χ2n) is 6.23. The second-order valence-corrected chi connectivity index (χ2v) is 8.18. The molecule has 0 amide bonds. The average molecular weight is 447 g/mol. The maximum atomic E-state index is 11.4. The summed E-state index contributed by atoms with van der Waals surface area (Å²) in [5.74, 6) is 1.10. The third kappa shape index (κ3) is 4.17. The van der Waals surface area contributed by atoms with E-state index in [1.807, 2.05) is 0 Å². The minimum atomic E-state index is -3.78. The molecule has 3 heterocycles. The number of hydrogen-bond acceptors (Lipinski definition) is 8. The maximum Gasteiger partial charge on any atom is 0.258 e. The number of benzene rings is 1. The van der Waals surface area contributed by atoms with Gasteiger partial charge in [0.2, 0.25) is 15.8 Å². The smallest absolute Gasteiger partial charge is 0.258 e. The Morgan fingerprint density at radius 3 is 2.60 bits per heavy atom. The van der Waals surface area contributed by atoms with Gasteiger partial charge >= 0.3 is 0 Å². The fourth-order valence-corrected chi connectivity index (χ4v) is 3.28. The zero-order chi connectivity index (χ0) is 21.3. The van der Waals surface area contributed by atoms with E-state index in [0.717, 1.165) is 5.69 Å². The van der Waals surface area contributed by atoms with Crippen molar-refractivity contribution in [3.8, 4) is 28.6 Å². The van der Waals surface area contributed by atoms with Crippen LogP contribution >= 0.6 is 11.6 Å². The molecule has 3 aromatic heterocycles. The van der Waals surface area contributed by atoms with Crippen LogP contribution in [0.1, 0.15) is 5.69 Å². The number of halogens is 1. The number of ether oxygens (including phenoxy) is 1. The number of sulfonamides is 1. The topological polar surface area (TPSA) is 139 Å². The molecule has 2 N–H and O–H groups in total. The lowest BCUT2D eigenvalue weighted by atomic mass is 10.2. The van der Waals surface area contributed by atoms with Crippen LogP contribution in [0.5, 0.6) is 5.75 Å². The van der Waals surface area contributed by atoms with E-state index in [1.165, 1.54) is 30.5 Å². The summed E-state index contributed by atoms with van der Waals surface area (Å²) in [7, 11) is -2.00. The molecule has 0 aliphatic carbocycles. The van der Waals surface area contributed by atoms with Crippen molar-refractivity contribution in [3.63, 3.8) is 0 Å². The zero-order valence-corrected chi connectivity index (χ0v) is 17.1. The van der Waals surface area contributed by atoms with Crippen molar-refractivity contribution in [2.24, 2.45) is 12.2 Å². The molecule has 4 rings (SSSR count). The Hall–Kier alpha value is -3.28. The summed E-state index contributed by atoms with van der Waals surface area (Å²) in [4.78, 5) is 8.35. The first-order chi connectivity index (χ1) is 14.3. The summed E-state index contributed by atoms with van der Waals surface area (Å²) >= 11 is 5.78. The SMILES string of the molecule is Cn1ncc(-c2noc(-c3ccc(S(N)(=O)=O)cc3)n2)c1COc1ccc(Cl)nc1. The van der Waals surface area contributed by atoms with Gasteiger partial charge < -0.3 is 9.26 Å². The van der Waals surface area contributed by atoms with Crippen LogP contribution in [0.2, 0.25) is 5.15 Å². The first-order valence-electron chi connectivity index (χ1n) is 8.54. The minimum Gasteiger partial charge on any atom is -0.486 e. The lowest BCUT2D eigenvalue weighted by molar-refractivity contribution is 0.294. The fourth-order valence-electron chi connectivity index (χ4n) is 2.66. The molecule has 0 spiro atoms. The third-order valence-corrected chi connectivity index (χ3v) is 5.39. The van der Waals surface area contributed by atoms with Gasteiger partial charge in [0.15, 0.2) is 0 Å². The van der Waals surface area contributed by atoms with Gasteiger partial charge in [-0.25, -0.2) is 18.5 Å². The van der Waals surface area contributed by atoms with Gasteiger partial charge in [0.1, 0.15) is 17.5 Å². The minimum absolute atomic E-state index is 0.00521. The van der Waals surface area contributed by atoms with Crippen LogP contribution < -0.4 is 9.88 Å². The first-order valence-corrected chi connectivity index (χ1v) is 10.5. The van der Waals surface area contributed by atoms with Crippen molar-refractivity contribution in [3.05, 3.63) is 59.6 Å². The Kier molecular flexibility index (Phi) is 5.24. The number of nitrogens with zero attached hydrogens (tertiary/aromatic N) is 5. The summed E-state index contributed by atoms with van der Waals surface area (Å²) in [6.45, 7) is 0.197. The molecule has 12 heteroatoms. The van der Waals surface area contributed by atoms with E-state index in [2.05, 4.69) is 20.2 Å². The highest BCUT2D eigenvalue weighted by molar-refractivity contribution is 7.89. The molecule has 0 unspecified atom stereocenters. The Morgan fingerprint density at radius 2 is 1.93 bits per heavy atom. The number of aromatic nitrogens is 5. The van der Waals surface area contributed by atoms with Gasteiger partial charge in [-0.1, -0.05) is 16.8 Å². The van der Waals surface area contributed by atoms with Gasteiger partial charge in [0.25, 0.3) is 5.89 Å². The van der Waals surface area contributed by atoms with E-state index in [0.29, 0.717) is 27.9 Å². The zero-order valence-electron chi connectivity index (χ0n) is 15.6. The molecule has 30 heavy (non-hydrogen) atoms. The van der Waals surface area contributed by atoms with Crippen molar-refractivity contribution in [2.45, 2.75) is 11.5 Å². The van der Waals surface area contributed by atoms with E-state index in [1.54, 1.807) is 30.1 Å². The monoisotopic (exact) mass is 446 g/mol. The number of rotatable bonds is 6. The lowest BCUT2D eigenvalue weighted by Gasteiger charge is -2.07. The number of aryl methyl sites for hydroxylation is 1. The largest absolute Gasteiger partial charge is 0.486 e. The van der Waals surface area contributed by atoms with Gasteiger partial charge in [-0.15, -0.1) is 0 Å². The molecule has 0 saturated heterocycles. The van der Waals surface area contributed by atoms with E-state index in [9.17, 15) is 8.42 Å². The summed E-state index contributed by atoms with van der Waals surface area (Å²) in [6, 6.07) is 9.17. The molecule has 0 atom stereocenters. The van der Waals surface area contributed by atoms with Crippen LogP contribution in [0.4, 0.5) is 0 Å². The normalized spacial score (nSPS) is 11.6. The first kappa shape index (κ1) is 20.0. The molecule has 0 saturated carbocycles. The average Bonchev–Trinajstić information content (AvgIpc) is 3.34. The third-order valence-electron chi connectivity index (χ3n) is 4.23. The Labute approximate surface area is 176 Å². The standard InChI is InChI=1S/C18H15ClN6O4S/c1-25-15(10-28-12-4-7-16(19)21-8-12)14(9-22-25)17-23-18(29-24-17)11-2-5-13(6-3-11)30(20,26)27/h2-9H,10H2,1H3,(H2,20,26,27). The molecule has 0 radical (unpaired) electrons. The van der Waals surface area contributed by atoms with Gasteiger partial charge in [0.05, 0.1) is 28.5 Å². The molecule has 1 aromatic carbocycles. The van der Waals surface area contributed by atoms with Gasteiger partial charge in [-0.2, -0.15) is 10.1 Å². The molecular weight excluding hydrogens is 432 g/mol. The second kappa shape index (κ2) is 7.86. The van der Waals surface area contributed by atoms with Gasteiger partial charge in [-0.05, 0) is 36.4 Å². The molecule has 0 bridgehead atoms. The van der Waals surface area contributed by atoms with E-state index < -0.39 is 10.0 Å². The Balaban J connectivity index is 1.57. The number of hydrogen-bond donors (Lipinski definition) is 1. The summed E-state index contributed by atoms with van der Waals surface area (Å²) < 4.78 is 35.5. The van der Waals surface area contributed by atoms with E-state index in [-0.39, 0.29) is 17.4 Å². The highest BCUT2D eigenvalue weighted by atomic mass is 35.5. The summed E-state index contributed by atoms with van der Waals surface area (Å²) in [5.41, 5.74) is 1.91. The molecular formula is C18H15ClN6O4S. The summed E-state index contributed by atoms with van der Waals surface area (Å²) in [5, 5.41) is 13.7. The predicted molar refractivity (Wildman–Crippen MR) is 107 cm³/mol. The van der Waals surface area contributed by atoms with Crippen LogP contribution in [0.25, 0.3) is 22.8 Å². The molecule has 0 aliphatic heterocycles. The van der Waals surface area contributed by atoms with Crippen molar-refractivity contribution < 1.29 is 17.7 Å². The lowest BCUT2D eigenvalue weighted by Crippen LogP contribution is -2.11. The van der Waals surface area contributed by atoms with Crippen LogP contribution in [0, 0.1) is 0 Å². The molecule has 0 fully saturated rings. The number of nitrogens with two attached hydrogens (primary N) is 1. The quantitative estimate of drug-likeness (QED) is 0.445. The Bertz CT molecular complexity index is 1280. The van der Waals surface area contributed by atoms with Crippen LogP contribution in [0.3, 0.4) is 0 Å². The number of pyridine rings is 1. The van der Waals surface area contributed by atoms with Crippen LogP contribution in [-0.4, -0.2) is 33.3 Å². The maximum absolute atomic E-state index is 11.4. The molecule has 10 nitrogen and oxygen atoms in total. The predicted octanol–water partition coefficient (Wildman–Crippen LogP) is 2.41. The highest BCUT2D eigenvalue weighted by Gasteiger charge is 2.18. The van der Waals surface area contributed by atoms with Gasteiger partial charge in [0, 0.05) is 12.6 Å². The van der Waals surface area contributed by atoms with Crippen molar-refractivity contribution >= 4 is 21.6 Å². The van der Waals surface area contributed by atoms with Crippen LogP contribution in [0.15, 0.2) is 58.2 Å². The van der Waals surface area contributed by atoms with E-state index in [4.69, 9.17) is 26.0 Å². The van der Waals surface area contributed by atoms with Crippen molar-refractivity contribution in [1.29, 1.82) is 0 Å². The Morgan fingerprint density at radius 1 is 1.17 bits per heavy atom. The van der Waals surface area contributed by atoms with Crippen molar-refractivity contribution in [2.75, 3.05) is 0 Å². The van der Waals surface area contributed by atoms with E-state index >= 15 is 0 Å². The highest BCUT2D eigenvalue weighted by Crippen LogP contribution is 2.26. The summed E-state index contributed by atoms with van der Waals surface area (Å²) in [6.07, 6.45) is 3.13. The van der Waals surface area contributed by atoms with Crippen LogP contribution in [-0.2, 0) is 23.7 Å². The van der Waals surface area contributed by atoms with Crippen molar-refractivity contribution in [1.82, 2.24) is 24.9 Å². The molecule has 0 aliphatic rings. The number of primary sulfonamides is 1. The fraction of sp³-hybridized carbons (Fsp3) is 0.111. The molecule has 4 aromatic rings.